The largest absolute Gasteiger partial charge is 0.380 e. The summed E-state index contributed by atoms with van der Waals surface area (Å²) >= 11 is 0. The van der Waals surface area contributed by atoms with Crippen molar-refractivity contribution in [3.8, 4) is 0 Å². The fourth-order valence-electron chi connectivity index (χ4n) is 3.03. The Bertz CT molecular complexity index is 723. The van der Waals surface area contributed by atoms with Crippen LogP contribution in [0.2, 0.25) is 0 Å². The van der Waals surface area contributed by atoms with Crippen LogP contribution in [0, 0.1) is 0 Å². The van der Waals surface area contributed by atoms with E-state index >= 15 is 0 Å². The highest BCUT2D eigenvalue weighted by Gasteiger charge is 2.32. The number of aromatic nitrogens is 2. The Morgan fingerprint density at radius 1 is 1.19 bits per heavy atom. The number of rotatable bonds is 6. The number of benzene rings is 1. The second-order valence-electron chi connectivity index (χ2n) is 6.76. The van der Waals surface area contributed by atoms with Gasteiger partial charge in [0, 0.05) is 43.8 Å². The molecule has 1 saturated heterocycles. The molecule has 1 aromatic heterocycles. The first-order valence-electron chi connectivity index (χ1n) is 8.92. The molecule has 0 saturated carbocycles. The molecule has 0 unspecified atom stereocenters. The maximum absolute atomic E-state index is 12.2. The van der Waals surface area contributed by atoms with Gasteiger partial charge in [0.15, 0.2) is 5.82 Å². The first kappa shape index (κ1) is 18.5. The molecule has 0 bridgehead atoms. The molecule has 6 nitrogen and oxygen atoms in total. The molecule has 1 aliphatic heterocycles. The zero-order valence-corrected chi connectivity index (χ0v) is 15.3. The maximum atomic E-state index is 12.2. The summed E-state index contributed by atoms with van der Waals surface area (Å²) in [6.45, 7) is 3.71. The molecule has 0 spiro atoms. The molecule has 2 heterocycles. The zero-order chi connectivity index (χ0) is 18.4. The molecule has 0 aliphatic carbocycles. The third-order valence-electron chi connectivity index (χ3n) is 4.63. The van der Waals surface area contributed by atoms with Crippen molar-refractivity contribution in [3.05, 3.63) is 59.2 Å². The second-order valence-corrected chi connectivity index (χ2v) is 6.76. The average Bonchev–Trinajstić information content (AvgIpc) is 2.68. The van der Waals surface area contributed by atoms with Gasteiger partial charge in [-0.15, -0.1) is 0 Å². The van der Waals surface area contributed by atoms with E-state index in [1.54, 1.807) is 31.6 Å². The summed E-state index contributed by atoms with van der Waals surface area (Å²) in [5.74, 6) is 0.585. The Morgan fingerprint density at radius 2 is 1.92 bits per heavy atom. The summed E-state index contributed by atoms with van der Waals surface area (Å²) in [5.41, 5.74) is 2.11. The van der Waals surface area contributed by atoms with Crippen LogP contribution in [0.3, 0.4) is 0 Å². The van der Waals surface area contributed by atoms with Crippen LogP contribution in [-0.2, 0) is 28.2 Å². The van der Waals surface area contributed by atoms with Crippen molar-refractivity contribution in [2.75, 3.05) is 13.7 Å². The van der Waals surface area contributed by atoms with Crippen LogP contribution in [0.1, 0.15) is 53.5 Å². The topological polar surface area (TPSA) is 73.3 Å². The Labute approximate surface area is 154 Å². The SMILES string of the molecule is COCc1ccc(C(=O)NCc2cnc([C@]3(C)CCCCO3)nc2)cc1. The molecule has 0 radical (unpaired) electrons. The van der Waals surface area contributed by atoms with Gasteiger partial charge >= 0.3 is 0 Å². The van der Waals surface area contributed by atoms with E-state index in [-0.39, 0.29) is 5.91 Å². The minimum absolute atomic E-state index is 0.124. The number of nitrogens with zero attached hydrogens (tertiary/aromatic N) is 2. The van der Waals surface area contributed by atoms with Crippen molar-refractivity contribution >= 4 is 5.91 Å². The molecular formula is C20H25N3O3. The Kier molecular flexibility index (Phi) is 5.96. The first-order valence-corrected chi connectivity index (χ1v) is 8.92. The number of hydrogen-bond acceptors (Lipinski definition) is 5. The van der Waals surface area contributed by atoms with Gasteiger partial charge in [0.1, 0.15) is 5.60 Å². The van der Waals surface area contributed by atoms with Crippen molar-refractivity contribution in [1.82, 2.24) is 15.3 Å². The highest BCUT2D eigenvalue weighted by Crippen LogP contribution is 2.32. The number of nitrogens with one attached hydrogen (secondary N) is 1. The smallest absolute Gasteiger partial charge is 0.251 e. The monoisotopic (exact) mass is 355 g/mol. The minimum Gasteiger partial charge on any atom is -0.380 e. The van der Waals surface area contributed by atoms with E-state index in [1.807, 2.05) is 19.1 Å². The van der Waals surface area contributed by atoms with Crippen LogP contribution < -0.4 is 5.32 Å². The Morgan fingerprint density at radius 3 is 2.54 bits per heavy atom. The number of carbonyl (C=O) groups is 1. The molecule has 138 valence electrons. The standard InChI is InChI=1S/C20H25N3O3/c1-20(9-3-4-10-26-20)19-22-12-16(13-23-19)11-21-18(24)17-7-5-15(6-8-17)14-25-2/h5-8,12-13H,3-4,9-11,14H2,1-2H3,(H,21,24)/t20-/m0/s1. The van der Waals surface area contributed by atoms with E-state index in [9.17, 15) is 4.79 Å². The fraction of sp³-hybridized carbons (Fsp3) is 0.450. The molecule has 26 heavy (non-hydrogen) atoms. The summed E-state index contributed by atoms with van der Waals surface area (Å²) in [5, 5.41) is 2.89. The van der Waals surface area contributed by atoms with Crippen LogP contribution in [0.25, 0.3) is 0 Å². The highest BCUT2D eigenvalue weighted by atomic mass is 16.5. The third kappa shape index (κ3) is 4.45. The molecular weight excluding hydrogens is 330 g/mol. The number of amides is 1. The molecule has 6 heteroatoms. The predicted octanol–water partition coefficient (Wildman–Crippen LogP) is 2.97. The summed E-state index contributed by atoms with van der Waals surface area (Å²) in [6.07, 6.45) is 6.66. The van der Waals surface area contributed by atoms with Crippen LogP contribution in [-0.4, -0.2) is 29.6 Å². The third-order valence-corrected chi connectivity index (χ3v) is 4.63. The lowest BCUT2D eigenvalue weighted by atomic mass is 9.95. The average molecular weight is 355 g/mol. The van der Waals surface area contributed by atoms with Crippen molar-refractivity contribution in [3.63, 3.8) is 0 Å². The molecule has 1 N–H and O–H groups in total. The van der Waals surface area contributed by atoms with Crippen LogP contribution in [0.15, 0.2) is 36.7 Å². The van der Waals surface area contributed by atoms with Crippen LogP contribution >= 0.6 is 0 Å². The molecule has 1 aliphatic rings. The summed E-state index contributed by atoms with van der Waals surface area (Å²) in [4.78, 5) is 21.2. The predicted molar refractivity (Wildman–Crippen MR) is 97.5 cm³/mol. The lowest BCUT2D eigenvalue weighted by Gasteiger charge is -2.32. The van der Waals surface area contributed by atoms with Gasteiger partial charge in [-0.3, -0.25) is 4.79 Å². The molecule has 3 rings (SSSR count). The van der Waals surface area contributed by atoms with Gasteiger partial charge in [0.2, 0.25) is 0 Å². The molecule has 1 aromatic carbocycles. The van der Waals surface area contributed by atoms with Gasteiger partial charge < -0.3 is 14.8 Å². The van der Waals surface area contributed by atoms with Crippen LogP contribution in [0.5, 0.6) is 0 Å². The van der Waals surface area contributed by atoms with Crippen molar-refractivity contribution < 1.29 is 14.3 Å². The summed E-state index contributed by atoms with van der Waals surface area (Å²) < 4.78 is 10.9. The molecule has 1 amide bonds. The van der Waals surface area contributed by atoms with Crippen molar-refractivity contribution in [2.45, 2.75) is 44.9 Å². The van der Waals surface area contributed by atoms with E-state index in [2.05, 4.69) is 15.3 Å². The normalized spacial score (nSPS) is 19.9. The van der Waals surface area contributed by atoms with Gasteiger partial charge in [-0.1, -0.05) is 12.1 Å². The lowest BCUT2D eigenvalue weighted by molar-refractivity contribution is -0.0760. The highest BCUT2D eigenvalue weighted by molar-refractivity contribution is 5.94. The van der Waals surface area contributed by atoms with Gasteiger partial charge in [-0.2, -0.15) is 0 Å². The van der Waals surface area contributed by atoms with Crippen LogP contribution in [0.4, 0.5) is 0 Å². The van der Waals surface area contributed by atoms with E-state index < -0.39 is 5.60 Å². The maximum Gasteiger partial charge on any atom is 0.251 e. The quantitative estimate of drug-likeness (QED) is 0.862. The number of carbonyl (C=O) groups excluding carboxylic acids is 1. The number of methoxy groups -OCH3 is 1. The molecule has 1 atom stereocenters. The number of ether oxygens (including phenoxy) is 2. The van der Waals surface area contributed by atoms with Crippen molar-refractivity contribution in [2.24, 2.45) is 0 Å². The first-order chi connectivity index (χ1) is 12.6. The van der Waals surface area contributed by atoms with Gasteiger partial charge in [-0.25, -0.2) is 9.97 Å². The lowest BCUT2D eigenvalue weighted by Crippen LogP contribution is -2.32. The minimum atomic E-state index is -0.399. The number of hydrogen-bond donors (Lipinski definition) is 1. The second kappa shape index (κ2) is 8.38. The fourth-order valence-corrected chi connectivity index (χ4v) is 3.03. The van der Waals surface area contributed by atoms with Gasteiger partial charge in [0.25, 0.3) is 5.91 Å². The van der Waals surface area contributed by atoms with Gasteiger partial charge in [0.05, 0.1) is 6.61 Å². The van der Waals surface area contributed by atoms with E-state index in [0.29, 0.717) is 24.5 Å². The van der Waals surface area contributed by atoms with Gasteiger partial charge in [-0.05, 0) is 43.9 Å². The summed E-state index contributed by atoms with van der Waals surface area (Å²) in [7, 11) is 1.65. The Hall–Kier alpha value is -2.31. The molecule has 2 aromatic rings. The van der Waals surface area contributed by atoms with E-state index in [4.69, 9.17) is 9.47 Å². The van der Waals surface area contributed by atoms with E-state index in [0.717, 1.165) is 37.0 Å². The van der Waals surface area contributed by atoms with Crippen molar-refractivity contribution in [1.29, 1.82) is 0 Å². The Balaban J connectivity index is 1.56. The van der Waals surface area contributed by atoms with E-state index in [1.165, 1.54) is 0 Å². The zero-order valence-electron chi connectivity index (χ0n) is 15.3. The summed E-state index contributed by atoms with van der Waals surface area (Å²) in [6, 6.07) is 7.37. The molecule has 1 fully saturated rings.